The van der Waals surface area contributed by atoms with Gasteiger partial charge in [-0.25, -0.2) is 0 Å². The van der Waals surface area contributed by atoms with Gasteiger partial charge in [0.25, 0.3) is 0 Å². The van der Waals surface area contributed by atoms with Crippen LogP contribution in [0.15, 0.2) is 24.3 Å². The smallest absolute Gasteiger partial charge is 0.129 e. The average Bonchev–Trinajstić information content (AvgIpc) is 2.56. The average molecular weight is 212 g/mol. The lowest BCUT2D eigenvalue weighted by Crippen LogP contribution is -2.45. The van der Waals surface area contributed by atoms with Crippen LogP contribution < -0.4 is 0 Å². The van der Waals surface area contributed by atoms with Crippen molar-refractivity contribution < 1.29 is 4.74 Å². The Balaban J connectivity index is 2.15. The summed E-state index contributed by atoms with van der Waals surface area (Å²) in [5, 5.41) is 10.4. The van der Waals surface area contributed by atoms with Crippen LogP contribution in [0.25, 0.3) is 10.9 Å². The van der Waals surface area contributed by atoms with Crippen molar-refractivity contribution >= 4 is 10.9 Å². The molecule has 1 aromatic heterocycles. The van der Waals surface area contributed by atoms with Crippen molar-refractivity contribution in [2.45, 2.75) is 12.3 Å². The first-order chi connectivity index (χ1) is 7.73. The number of aromatic nitrogens is 1. The molecule has 3 nitrogen and oxygen atoms in total. The Morgan fingerprint density at radius 3 is 2.81 bits per heavy atom. The Bertz CT molecular complexity index is 587. The summed E-state index contributed by atoms with van der Waals surface area (Å²) in [6.45, 7) is 3.06. The van der Waals surface area contributed by atoms with Gasteiger partial charge in [-0.1, -0.05) is 6.07 Å². The molecule has 2 heterocycles. The van der Waals surface area contributed by atoms with Gasteiger partial charge in [0.2, 0.25) is 0 Å². The highest BCUT2D eigenvalue weighted by molar-refractivity contribution is 5.81. The number of nitrogens with zero attached hydrogens (tertiary/aromatic N) is 1. The molecule has 0 radical (unpaired) electrons. The number of hydrogen-bond donors (Lipinski definition) is 1. The molecule has 16 heavy (non-hydrogen) atoms. The molecule has 1 aliphatic rings. The summed E-state index contributed by atoms with van der Waals surface area (Å²) >= 11 is 0. The summed E-state index contributed by atoms with van der Waals surface area (Å²) in [6, 6.07) is 10.6. The maximum Gasteiger partial charge on any atom is 0.129 e. The van der Waals surface area contributed by atoms with Crippen LogP contribution in [0.5, 0.6) is 0 Å². The minimum absolute atomic E-state index is 0.417. The molecule has 0 bridgehead atoms. The molecule has 0 saturated carbocycles. The van der Waals surface area contributed by atoms with Crippen LogP contribution in [0.1, 0.15) is 11.3 Å². The first kappa shape index (κ1) is 9.44. The van der Waals surface area contributed by atoms with Crippen LogP contribution in [0.2, 0.25) is 0 Å². The Labute approximate surface area is 93.6 Å². The maximum atomic E-state index is 9.23. The second kappa shape index (κ2) is 3.10. The fraction of sp³-hybridized carbons (Fsp3) is 0.308. The molecule has 0 spiro atoms. The van der Waals surface area contributed by atoms with E-state index in [1.807, 2.05) is 19.1 Å². The van der Waals surface area contributed by atoms with Gasteiger partial charge in [0.1, 0.15) is 5.41 Å². The molecule has 3 rings (SSSR count). The van der Waals surface area contributed by atoms with E-state index in [-0.39, 0.29) is 0 Å². The summed E-state index contributed by atoms with van der Waals surface area (Å²) in [7, 11) is 0. The molecule has 0 unspecified atom stereocenters. The van der Waals surface area contributed by atoms with Crippen LogP contribution in [0.3, 0.4) is 0 Å². The molecule has 1 aliphatic heterocycles. The molecule has 0 aliphatic carbocycles. The monoisotopic (exact) mass is 212 g/mol. The largest absolute Gasteiger partial charge is 0.377 e. The van der Waals surface area contributed by atoms with Crippen molar-refractivity contribution in [2.24, 2.45) is 0 Å². The molecule has 1 N–H and O–H groups in total. The van der Waals surface area contributed by atoms with E-state index in [0.29, 0.717) is 13.2 Å². The SMILES string of the molecule is Cc1cc2cc(C3(C#N)COC3)ccc2[nH]1. The molecular formula is C13H12N2O. The minimum atomic E-state index is -0.417. The van der Waals surface area contributed by atoms with Crippen molar-refractivity contribution in [3.8, 4) is 6.07 Å². The lowest BCUT2D eigenvalue weighted by molar-refractivity contribution is -0.0297. The minimum Gasteiger partial charge on any atom is -0.377 e. The summed E-state index contributed by atoms with van der Waals surface area (Å²) in [5.74, 6) is 0. The molecule has 80 valence electrons. The van der Waals surface area contributed by atoms with Gasteiger partial charge in [-0.2, -0.15) is 5.26 Å². The van der Waals surface area contributed by atoms with Crippen LogP contribution in [-0.2, 0) is 10.2 Å². The molecule has 3 heteroatoms. The zero-order valence-electron chi connectivity index (χ0n) is 9.08. The molecule has 2 aromatic rings. The summed E-state index contributed by atoms with van der Waals surface area (Å²) in [6.07, 6.45) is 0. The number of fused-ring (bicyclic) bond motifs is 1. The van der Waals surface area contributed by atoms with Gasteiger partial charge in [-0.15, -0.1) is 0 Å². The number of benzene rings is 1. The highest BCUT2D eigenvalue weighted by atomic mass is 16.5. The molecule has 1 fully saturated rings. The number of nitrogens with one attached hydrogen (secondary N) is 1. The van der Waals surface area contributed by atoms with Gasteiger partial charge in [-0.05, 0) is 36.1 Å². The van der Waals surface area contributed by atoms with E-state index in [0.717, 1.165) is 22.2 Å². The lowest BCUT2D eigenvalue weighted by Gasteiger charge is -2.35. The maximum absolute atomic E-state index is 9.23. The van der Waals surface area contributed by atoms with E-state index < -0.39 is 5.41 Å². The van der Waals surface area contributed by atoms with E-state index in [1.165, 1.54) is 0 Å². The van der Waals surface area contributed by atoms with Crippen LogP contribution >= 0.6 is 0 Å². The number of rotatable bonds is 1. The van der Waals surface area contributed by atoms with Crippen LogP contribution in [0.4, 0.5) is 0 Å². The van der Waals surface area contributed by atoms with Crippen LogP contribution in [0, 0.1) is 18.3 Å². The molecule has 1 aromatic carbocycles. The van der Waals surface area contributed by atoms with Gasteiger partial charge in [0.15, 0.2) is 0 Å². The van der Waals surface area contributed by atoms with Crippen molar-refractivity contribution in [3.05, 3.63) is 35.5 Å². The number of hydrogen-bond acceptors (Lipinski definition) is 2. The number of aryl methyl sites for hydroxylation is 1. The Kier molecular flexibility index (Phi) is 1.83. The van der Waals surface area contributed by atoms with Gasteiger partial charge in [0.05, 0.1) is 19.3 Å². The van der Waals surface area contributed by atoms with Crippen molar-refractivity contribution in [2.75, 3.05) is 13.2 Å². The summed E-state index contributed by atoms with van der Waals surface area (Å²) in [5.41, 5.74) is 2.91. The quantitative estimate of drug-likeness (QED) is 0.788. The normalized spacial score (nSPS) is 18.0. The third kappa shape index (κ3) is 1.17. The van der Waals surface area contributed by atoms with Gasteiger partial charge in [0, 0.05) is 11.2 Å². The van der Waals surface area contributed by atoms with Gasteiger partial charge in [-0.3, -0.25) is 0 Å². The summed E-state index contributed by atoms with van der Waals surface area (Å²) < 4.78 is 5.17. The highest BCUT2D eigenvalue weighted by Gasteiger charge is 2.40. The summed E-state index contributed by atoms with van der Waals surface area (Å²) in [4.78, 5) is 3.28. The van der Waals surface area contributed by atoms with Crippen molar-refractivity contribution in [1.29, 1.82) is 5.26 Å². The number of H-pyrrole nitrogens is 1. The predicted molar refractivity (Wildman–Crippen MR) is 61.1 cm³/mol. The third-order valence-electron chi connectivity index (χ3n) is 3.22. The van der Waals surface area contributed by atoms with E-state index >= 15 is 0 Å². The Hall–Kier alpha value is -1.79. The van der Waals surface area contributed by atoms with Gasteiger partial charge < -0.3 is 9.72 Å². The Morgan fingerprint density at radius 2 is 2.19 bits per heavy atom. The van der Waals surface area contributed by atoms with Crippen molar-refractivity contribution in [1.82, 2.24) is 4.98 Å². The van der Waals surface area contributed by atoms with Crippen LogP contribution in [-0.4, -0.2) is 18.2 Å². The highest BCUT2D eigenvalue weighted by Crippen LogP contribution is 2.33. The third-order valence-corrected chi connectivity index (χ3v) is 3.22. The first-order valence-corrected chi connectivity index (χ1v) is 5.32. The zero-order valence-corrected chi connectivity index (χ0v) is 9.08. The number of ether oxygens (including phenoxy) is 1. The van der Waals surface area contributed by atoms with E-state index in [4.69, 9.17) is 4.74 Å². The van der Waals surface area contributed by atoms with E-state index in [9.17, 15) is 5.26 Å². The molecule has 1 saturated heterocycles. The fourth-order valence-electron chi connectivity index (χ4n) is 2.18. The molecule has 0 atom stereocenters. The standard InChI is InChI=1S/C13H12N2O/c1-9-4-10-5-11(2-3-12(10)15-9)13(6-14)7-16-8-13/h2-5,15H,7-8H2,1H3. The molecular weight excluding hydrogens is 200 g/mol. The number of nitriles is 1. The predicted octanol–water partition coefficient (Wildman–Crippen LogP) is 2.27. The van der Waals surface area contributed by atoms with E-state index in [2.05, 4.69) is 23.2 Å². The zero-order chi connectivity index (χ0) is 11.2. The second-order valence-electron chi connectivity index (χ2n) is 4.44. The Morgan fingerprint density at radius 1 is 1.38 bits per heavy atom. The molecule has 0 amide bonds. The topological polar surface area (TPSA) is 48.8 Å². The second-order valence-corrected chi connectivity index (χ2v) is 4.44. The van der Waals surface area contributed by atoms with E-state index in [1.54, 1.807) is 0 Å². The van der Waals surface area contributed by atoms with Crippen molar-refractivity contribution in [3.63, 3.8) is 0 Å². The van der Waals surface area contributed by atoms with Gasteiger partial charge >= 0.3 is 0 Å². The number of aromatic amines is 1. The fourth-order valence-corrected chi connectivity index (χ4v) is 2.18. The first-order valence-electron chi connectivity index (χ1n) is 5.32. The lowest BCUT2D eigenvalue weighted by atomic mass is 9.80.